The third kappa shape index (κ3) is 42.4. The largest absolute Gasteiger partial charge is 0.462 e. The highest BCUT2D eigenvalue weighted by Gasteiger charge is 2.19. The van der Waals surface area contributed by atoms with Crippen molar-refractivity contribution in [2.24, 2.45) is 0 Å². The van der Waals surface area contributed by atoms with E-state index in [0.717, 1.165) is 96.3 Å². The molecule has 0 aromatic carbocycles. The van der Waals surface area contributed by atoms with Gasteiger partial charge in [0, 0.05) is 19.3 Å². The van der Waals surface area contributed by atoms with E-state index >= 15 is 0 Å². The molecule has 6 nitrogen and oxygen atoms in total. The molecule has 55 heavy (non-hydrogen) atoms. The van der Waals surface area contributed by atoms with Gasteiger partial charge in [0.2, 0.25) is 0 Å². The molecule has 0 aromatic heterocycles. The third-order valence-electron chi connectivity index (χ3n) is 9.81. The lowest BCUT2D eigenvalue weighted by Gasteiger charge is -2.18. The van der Waals surface area contributed by atoms with Gasteiger partial charge >= 0.3 is 17.9 Å². The second-order valence-corrected chi connectivity index (χ2v) is 15.3. The summed E-state index contributed by atoms with van der Waals surface area (Å²) in [7, 11) is 0. The van der Waals surface area contributed by atoms with E-state index in [0.29, 0.717) is 19.3 Å². The quantitative estimate of drug-likeness (QED) is 0.0267. The van der Waals surface area contributed by atoms with E-state index in [1.54, 1.807) is 0 Å². The predicted octanol–water partition coefficient (Wildman–Crippen LogP) is 14.8. The Hall–Kier alpha value is -2.63. The van der Waals surface area contributed by atoms with E-state index in [1.807, 2.05) is 0 Å². The van der Waals surface area contributed by atoms with Gasteiger partial charge in [0.05, 0.1) is 0 Å². The fraction of sp³-hybridized carbons (Fsp3) is 0.776. The van der Waals surface area contributed by atoms with Crippen LogP contribution in [0.15, 0.2) is 48.6 Å². The summed E-state index contributed by atoms with van der Waals surface area (Å²) in [6.45, 7) is 6.51. The number of hydrogen-bond donors (Lipinski definition) is 0. The smallest absolute Gasteiger partial charge is 0.306 e. The molecule has 0 unspecified atom stereocenters. The van der Waals surface area contributed by atoms with Crippen LogP contribution in [0.4, 0.5) is 0 Å². The number of rotatable bonds is 41. The molecular weight excluding hydrogens is 685 g/mol. The van der Waals surface area contributed by atoms with Crippen LogP contribution in [0.5, 0.6) is 0 Å². The topological polar surface area (TPSA) is 78.9 Å². The van der Waals surface area contributed by atoms with E-state index in [-0.39, 0.29) is 31.1 Å². The summed E-state index contributed by atoms with van der Waals surface area (Å²) < 4.78 is 16.7. The molecule has 0 aliphatic rings. The van der Waals surface area contributed by atoms with Gasteiger partial charge in [0.15, 0.2) is 6.10 Å². The Kier molecular flexibility index (Phi) is 42.0. The molecule has 0 bridgehead atoms. The molecule has 1 atom stereocenters. The van der Waals surface area contributed by atoms with Crippen LogP contribution in [0, 0.1) is 0 Å². The summed E-state index contributed by atoms with van der Waals surface area (Å²) in [6, 6.07) is 0. The highest BCUT2D eigenvalue weighted by Crippen LogP contribution is 2.13. The molecule has 0 fully saturated rings. The summed E-state index contributed by atoms with van der Waals surface area (Å²) in [5.74, 6) is -0.919. The van der Waals surface area contributed by atoms with E-state index in [2.05, 4.69) is 69.4 Å². The van der Waals surface area contributed by atoms with Crippen LogP contribution in [-0.4, -0.2) is 37.2 Å². The fourth-order valence-electron chi connectivity index (χ4n) is 6.25. The predicted molar refractivity (Wildman–Crippen MR) is 233 cm³/mol. The number of hydrogen-bond acceptors (Lipinski definition) is 6. The van der Waals surface area contributed by atoms with Crippen molar-refractivity contribution < 1.29 is 28.6 Å². The SMILES string of the molecule is CCCC/C=C\CCCCCCCC(=O)O[C@@H](COC(=O)CCCCCC/C=C\C/C=C\C/C=C\CCCCC)COC(=O)CCCCCCCCCCC. The van der Waals surface area contributed by atoms with Gasteiger partial charge in [-0.1, -0.05) is 179 Å². The summed E-state index contributed by atoms with van der Waals surface area (Å²) in [6.07, 6.45) is 50.9. The Bertz CT molecular complexity index is 980. The Labute approximate surface area is 339 Å². The Balaban J connectivity index is 4.37. The Morgan fingerprint density at radius 1 is 0.364 bits per heavy atom. The minimum absolute atomic E-state index is 0.0828. The van der Waals surface area contributed by atoms with Gasteiger partial charge in [-0.25, -0.2) is 0 Å². The average molecular weight is 771 g/mol. The monoisotopic (exact) mass is 771 g/mol. The van der Waals surface area contributed by atoms with E-state index in [4.69, 9.17) is 14.2 Å². The van der Waals surface area contributed by atoms with Crippen molar-refractivity contribution in [1.82, 2.24) is 0 Å². The summed E-state index contributed by atoms with van der Waals surface area (Å²) in [5, 5.41) is 0. The first-order chi connectivity index (χ1) is 27.0. The molecule has 6 heteroatoms. The number of allylic oxidation sites excluding steroid dienone is 8. The van der Waals surface area contributed by atoms with Crippen LogP contribution in [0.25, 0.3) is 0 Å². The molecular formula is C49H86O6. The standard InChI is InChI=1S/C49H86O6/c1-4-7-10-13-16-19-21-22-23-24-25-26-28-30-33-36-39-42-48(51)54-45-46(44-53-47(50)41-38-35-32-29-18-15-12-9-6-3)55-49(52)43-40-37-34-31-27-20-17-14-11-8-5-2/h14,16-17,19,22-23,25-26,46H,4-13,15,18,20-21,24,27-45H2,1-3H3/b17-14-,19-16-,23-22-,26-25-/t46-/m1/s1. The molecule has 0 heterocycles. The zero-order valence-corrected chi connectivity index (χ0v) is 36.2. The van der Waals surface area contributed by atoms with Crippen LogP contribution >= 0.6 is 0 Å². The van der Waals surface area contributed by atoms with Crippen molar-refractivity contribution in [1.29, 1.82) is 0 Å². The Morgan fingerprint density at radius 2 is 0.673 bits per heavy atom. The molecule has 0 radical (unpaired) electrons. The van der Waals surface area contributed by atoms with Gasteiger partial charge in [0.1, 0.15) is 13.2 Å². The highest BCUT2D eigenvalue weighted by molar-refractivity contribution is 5.71. The van der Waals surface area contributed by atoms with Crippen molar-refractivity contribution >= 4 is 17.9 Å². The fourth-order valence-corrected chi connectivity index (χ4v) is 6.25. The molecule has 0 saturated heterocycles. The van der Waals surface area contributed by atoms with E-state index in [9.17, 15) is 14.4 Å². The molecule has 0 aliphatic heterocycles. The minimum Gasteiger partial charge on any atom is -0.462 e. The number of unbranched alkanes of at least 4 members (excludes halogenated alkanes) is 22. The average Bonchev–Trinajstić information content (AvgIpc) is 3.18. The van der Waals surface area contributed by atoms with Crippen LogP contribution in [0.3, 0.4) is 0 Å². The number of carbonyl (C=O) groups is 3. The minimum atomic E-state index is -0.781. The molecule has 0 amide bonds. The summed E-state index contributed by atoms with van der Waals surface area (Å²) in [5.41, 5.74) is 0. The second-order valence-electron chi connectivity index (χ2n) is 15.3. The van der Waals surface area contributed by atoms with Gasteiger partial charge in [-0.15, -0.1) is 0 Å². The van der Waals surface area contributed by atoms with Crippen molar-refractivity contribution in [2.75, 3.05) is 13.2 Å². The van der Waals surface area contributed by atoms with Crippen molar-refractivity contribution in [3.8, 4) is 0 Å². The van der Waals surface area contributed by atoms with E-state index < -0.39 is 6.10 Å². The number of esters is 3. The highest BCUT2D eigenvalue weighted by atomic mass is 16.6. The maximum atomic E-state index is 12.7. The van der Waals surface area contributed by atoms with Gasteiger partial charge in [-0.3, -0.25) is 14.4 Å². The van der Waals surface area contributed by atoms with Crippen LogP contribution in [0.1, 0.15) is 226 Å². The first kappa shape index (κ1) is 52.4. The summed E-state index contributed by atoms with van der Waals surface area (Å²) in [4.78, 5) is 37.7. The lowest BCUT2D eigenvalue weighted by molar-refractivity contribution is -0.167. The first-order valence-corrected chi connectivity index (χ1v) is 23.1. The second kappa shape index (κ2) is 44.1. The van der Waals surface area contributed by atoms with Gasteiger partial charge in [0.25, 0.3) is 0 Å². The maximum absolute atomic E-state index is 12.7. The van der Waals surface area contributed by atoms with Gasteiger partial charge in [-0.2, -0.15) is 0 Å². The van der Waals surface area contributed by atoms with Crippen LogP contribution in [-0.2, 0) is 28.6 Å². The molecule has 0 rings (SSSR count). The van der Waals surface area contributed by atoms with Crippen molar-refractivity contribution in [3.63, 3.8) is 0 Å². The molecule has 318 valence electrons. The van der Waals surface area contributed by atoms with Gasteiger partial charge in [-0.05, 0) is 77.0 Å². The normalized spacial score (nSPS) is 12.4. The van der Waals surface area contributed by atoms with E-state index in [1.165, 1.54) is 89.9 Å². The molecule has 0 N–H and O–H groups in total. The van der Waals surface area contributed by atoms with Crippen LogP contribution < -0.4 is 0 Å². The first-order valence-electron chi connectivity index (χ1n) is 23.1. The number of ether oxygens (including phenoxy) is 3. The Morgan fingerprint density at radius 3 is 1.13 bits per heavy atom. The zero-order valence-electron chi connectivity index (χ0n) is 36.2. The van der Waals surface area contributed by atoms with Crippen LogP contribution in [0.2, 0.25) is 0 Å². The van der Waals surface area contributed by atoms with Crippen molar-refractivity contribution in [3.05, 3.63) is 48.6 Å². The third-order valence-corrected chi connectivity index (χ3v) is 9.81. The van der Waals surface area contributed by atoms with Gasteiger partial charge < -0.3 is 14.2 Å². The zero-order chi connectivity index (χ0) is 40.1. The molecule has 0 saturated carbocycles. The lowest BCUT2D eigenvalue weighted by atomic mass is 10.1. The van der Waals surface area contributed by atoms with Crippen molar-refractivity contribution in [2.45, 2.75) is 232 Å². The molecule has 0 aliphatic carbocycles. The molecule has 0 aromatic rings. The number of carbonyl (C=O) groups excluding carboxylic acids is 3. The lowest BCUT2D eigenvalue weighted by Crippen LogP contribution is -2.30. The maximum Gasteiger partial charge on any atom is 0.306 e. The summed E-state index contributed by atoms with van der Waals surface area (Å²) >= 11 is 0. The molecule has 0 spiro atoms.